The first kappa shape index (κ1) is 16.9. The van der Waals surface area contributed by atoms with Crippen LogP contribution in [-0.4, -0.2) is 41.3 Å². The molecule has 2 unspecified atom stereocenters. The predicted octanol–water partition coefficient (Wildman–Crippen LogP) is 2.32. The van der Waals surface area contributed by atoms with Crippen LogP contribution in [0.5, 0.6) is 5.75 Å². The Labute approximate surface area is 124 Å². The molecule has 1 rings (SSSR count). The molecule has 1 amide bonds. The Morgan fingerprint density at radius 2 is 2.10 bits per heavy atom. The quantitative estimate of drug-likeness (QED) is 0.811. The number of hydrogen-bond donors (Lipinski definition) is 2. The first-order chi connectivity index (χ1) is 9.47. The lowest BCUT2D eigenvalue weighted by atomic mass is 10.1. The highest BCUT2D eigenvalue weighted by molar-refractivity contribution is 7.99. The number of carbonyl (C=O) groups is 1. The van der Waals surface area contributed by atoms with E-state index in [0.29, 0.717) is 11.3 Å². The third-order valence-corrected chi connectivity index (χ3v) is 4.03. The summed E-state index contributed by atoms with van der Waals surface area (Å²) in [5, 5.41) is 12.1. The van der Waals surface area contributed by atoms with Crippen molar-refractivity contribution in [3.05, 3.63) is 29.8 Å². The molecule has 2 atom stereocenters. The van der Waals surface area contributed by atoms with E-state index in [0.717, 1.165) is 0 Å². The maximum Gasteiger partial charge on any atom is 0.251 e. The Bertz CT molecular complexity index is 433. The van der Waals surface area contributed by atoms with Crippen LogP contribution in [0.2, 0.25) is 0 Å². The minimum atomic E-state index is -0.154. The van der Waals surface area contributed by atoms with Gasteiger partial charge in [-0.15, -0.1) is 0 Å². The SMILES string of the molecule is CSC(CO)C(C)NC(=O)c1cccc(OC(C)C)c1. The Morgan fingerprint density at radius 1 is 1.40 bits per heavy atom. The van der Waals surface area contributed by atoms with Crippen molar-refractivity contribution in [1.29, 1.82) is 0 Å². The van der Waals surface area contributed by atoms with Crippen molar-refractivity contribution in [3.63, 3.8) is 0 Å². The van der Waals surface area contributed by atoms with E-state index in [-0.39, 0.29) is 29.9 Å². The maximum absolute atomic E-state index is 12.2. The van der Waals surface area contributed by atoms with Crippen LogP contribution < -0.4 is 10.1 Å². The van der Waals surface area contributed by atoms with Crippen molar-refractivity contribution in [3.8, 4) is 5.75 Å². The summed E-state index contributed by atoms with van der Waals surface area (Å²) >= 11 is 1.54. The summed E-state index contributed by atoms with van der Waals surface area (Å²) in [4.78, 5) is 12.2. The van der Waals surface area contributed by atoms with E-state index in [9.17, 15) is 9.90 Å². The van der Waals surface area contributed by atoms with Crippen LogP contribution in [0.3, 0.4) is 0 Å². The second kappa shape index (κ2) is 8.17. The van der Waals surface area contributed by atoms with Crippen LogP contribution in [0.4, 0.5) is 0 Å². The van der Waals surface area contributed by atoms with E-state index < -0.39 is 0 Å². The summed E-state index contributed by atoms with van der Waals surface area (Å²) in [6, 6.07) is 7.02. The van der Waals surface area contributed by atoms with E-state index in [1.54, 1.807) is 18.2 Å². The van der Waals surface area contributed by atoms with Gasteiger partial charge < -0.3 is 15.2 Å². The molecule has 0 saturated carbocycles. The van der Waals surface area contributed by atoms with E-state index in [4.69, 9.17) is 4.74 Å². The third-order valence-electron chi connectivity index (χ3n) is 2.87. The Morgan fingerprint density at radius 3 is 2.65 bits per heavy atom. The Kier molecular flexibility index (Phi) is 6.88. The van der Waals surface area contributed by atoms with Crippen molar-refractivity contribution in [2.24, 2.45) is 0 Å². The van der Waals surface area contributed by atoms with Crippen LogP contribution in [0.1, 0.15) is 31.1 Å². The summed E-state index contributed by atoms with van der Waals surface area (Å²) in [6.07, 6.45) is 1.99. The summed E-state index contributed by atoms with van der Waals surface area (Å²) in [6.45, 7) is 5.82. The van der Waals surface area contributed by atoms with Crippen molar-refractivity contribution < 1.29 is 14.6 Å². The van der Waals surface area contributed by atoms with E-state index in [1.165, 1.54) is 11.8 Å². The smallest absolute Gasteiger partial charge is 0.251 e. The molecule has 1 aromatic rings. The molecule has 1 aromatic carbocycles. The molecule has 0 fully saturated rings. The zero-order chi connectivity index (χ0) is 15.1. The predicted molar refractivity (Wildman–Crippen MR) is 83.5 cm³/mol. The zero-order valence-electron chi connectivity index (χ0n) is 12.4. The van der Waals surface area contributed by atoms with Crippen molar-refractivity contribution >= 4 is 17.7 Å². The van der Waals surface area contributed by atoms with Gasteiger partial charge in [0.05, 0.1) is 12.7 Å². The van der Waals surface area contributed by atoms with Gasteiger partial charge in [-0.2, -0.15) is 11.8 Å². The molecular weight excluding hydrogens is 274 g/mol. The minimum absolute atomic E-state index is 0.00551. The molecule has 4 nitrogen and oxygen atoms in total. The number of benzene rings is 1. The van der Waals surface area contributed by atoms with Gasteiger partial charge in [0.2, 0.25) is 0 Å². The molecule has 0 spiro atoms. The van der Waals surface area contributed by atoms with Gasteiger partial charge in [-0.05, 0) is 45.2 Å². The van der Waals surface area contributed by atoms with Gasteiger partial charge in [-0.1, -0.05) is 6.07 Å². The fraction of sp³-hybridized carbons (Fsp3) is 0.533. The van der Waals surface area contributed by atoms with Crippen LogP contribution in [-0.2, 0) is 0 Å². The van der Waals surface area contributed by atoms with E-state index >= 15 is 0 Å². The molecule has 5 heteroatoms. The highest BCUT2D eigenvalue weighted by Gasteiger charge is 2.18. The summed E-state index contributed by atoms with van der Waals surface area (Å²) in [5.74, 6) is 0.531. The number of ether oxygens (including phenoxy) is 1. The summed E-state index contributed by atoms with van der Waals surface area (Å²) in [5.41, 5.74) is 0.563. The van der Waals surface area contributed by atoms with Gasteiger partial charge in [0.25, 0.3) is 5.91 Å². The van der Waals surface area contributed by atoms with Crippen LogP contribution in [0, 0.1) is 0 Å². The number of rotatable bonds is 7. The molecule has 0 saturated heterocycles. The zero-order valence-corrected chi connectivity index (χ0v) is 13.2. The average Bonchev–Trinajstić information content (AvgIpc) is 2.39. The number of thioether (sulfide) groups is 1. The maximum atomic E-state index is 12.2. The van der Waals surface area contributed by atoms with Gasteiger partial charge >= 0.3 is 0 Å². The number of nitrogens with one attached hydrogen (secondary N) is 1. The minimum Gasteiger partial charge on any atom is -0.491 e. The Hall–Kier alpha value is -1.20. The number of aliphatic hydroxyl groups excluding tert-OH is 1. The first-order valence-electron chi connectivity index (χ1n) is 6.69. The number of amides is 1. The summed E-state index contributed by atoms with van der Waals surface area (Å²) < 4.78 is 5.58. The molecule has 0 bridgehead atoms. The Balaban J connectivity index is 2.72. The van der Waals surface area contributed by atoms with Gasteiger partial charge in [0.1, 0.15) is 5.75 Å². The van der Waals surface area contributed by atoms with Gasteiger partial charge in [0, 0.05) is 16.9 Å². The molecule has 0 aliphatic rings. The molecule has 20 heavy (non-hydrogen) atoms. The normalized spacial score (nSPS) is 13.9. The van der Waals surface area contributed by atoms with Crippen molar-refractivity contribution in [1.82, 2.24) is 5.32 Å². The van der Waals surface area contributed by atoms with Crippen molar-refractivity contribution in [2.45, 2.75) is 38.2 Å². The lowest BCUT2D eigenvalue weighted by Crippen LogP contribution is -2.41. The monoisotopic (exact) mass is 297 g/mol. The lowest BCUT2D eigenvalue weighted by Gasteiger charge is -2.21. The second-order valence-electron chi connectivity index (χ2n) is 4.91. The fourth-order valence-electron chi connectivity index (χ4n) is 1.80. The first-order valence-corrected chi connectivity index (χ1v) is 7.98. The standard InChI is InChI=1S/C15H23NO3S/c1-10(2)19-13-7-5-6-12(8-13)15(18)16-11(3)14(9-17)20-4/h5-8,10-11,14,17H,9H2,1-4H3,(H,16,18). The molecule has 0 aromatic heterocycles. The average molecular weight is 297 g/mol. The highest BCUT2D eigenvalue weighted by atomic mass is 32.2. The van der Waals surface area contributed by atoms with Gasteiger partial charge in [0.15, 0.2) is 0 Å². The molecule has 112 valence electrons. The largest absolute Gasteiger partial charge is 0.491 e. The number of hydrogen-bond acceptors (Lipinski definition) is 4. The van der Waals surface area contributed by atoms with Crippen LogP contribution in [0.15, 0.2) is 24.3 Å². The van der Waals surface area contributed by atoms with Crippen molar-refractivity contribution in [2.75, 3.05) is 12.9 Å². The summed E-state index contributed by atoms with van der Waals surface area (Å²) in [7, 11) is 0. The molecule has 0 aliphatic carbocycles. The van der Waals surface area contributed by atoms with Gasteiger partial charge in [-0.25, -0.2) is 0 Å². The fourth-order valence-corrected chi connectivity index (χ4v) is 2.43. The molecule has 0 aliphatic heterocycles. The molecule has 0 heterocycles. The van der Waals surface area contributed by atoms with E-state index in [2.05, 4.69) is 5.32 Å². The number of carbonyl (C=O) groups excluding carboxylic acids is 1. The third kappa shape index (κ3) is 5.06. The molecule has 2 N–H and O–H groups in total. The van der Waals surface area contributed by atoms with Gasteiger partial charge in [-0.3, -0.25) is 4.79 Å². The van der Waals surface area contributed by atoms with E-state index in [1.807, 2.05) is 33.1 Å². The topological polar surface area (TPSA) is 58.6 Å². The lowest BCUT2D eigenvalue weighted by molar-refractivity contribution is 0.0935. The molecule has 0 radical (unpaired) electrons. The highest BCUT2D eigenvalue weighted by Crippen LogP contribution is 2.16. The van der Waals surface area contributed by atoms with Crippen LogP contribution in [0.25, 0.3) is 0 Å². The van der Waals surface area contributed by atoms with Crippen LogP contribution >= 0.6 is 11.8 Å². The molecular formula is C15H23NO3S. The number of aliphatic hydroxyl groups is 1. The second-order valence-corrected chi connectivity index (χ2v) is 5.99.